The highest BCUT2D eigenvalue weighted by molar-refractivity contribution is 6.59. The number of halogens is 2. The van der Waals surface area contributed by atoms with E-state index in [9.17, 15) is 19.2 Å². The van der Waals surface area contributed by atoms with Gasteiger partial charge in [0.05, 0.1) is 0 Å². The average molecular weight is 335 g/mol. The van der Waals surface area contributed by atoms with Crippen molar-refractivity contribution in [2.45, 2.75) is 0 Å². The number of allylic oxidation sites excluding steroid dienone is 6. The zero-order valence-corrected chi connectivity index (χ0v) is 12.5. The molecule has 0 bridgehead atoms. The lowest BCUT2D eigenvalue weighted by molar-refractivity contribution is -0.113. The summed E-state index contributed by atoms with van der Waals surface area (Å²) in [6.07, 6.45) is 5.01. The van der Waals surface area contributed by atoms with Crippen molar-refractivity contribution in [1.29, 1.82) is 0 Å². The van der Waals surface area contributed by atoms with E-state index in [1.165, 1.54) is 24.3 Å². The molecule has 2 aliphatic rings. The normalized spacial score (nSPS) is 16.5. The van der Waals surface area contributed by atoms with Crippen LogP contribution in [0.2, 0.25) is 0 Å². The first kappa shape index (κ1) is 16.1. The van der Waals surface area contributed by atoms with Crippen LogP contribution in [-0.2, 0) is 9.59 Å². The van der Waals surface area contributed by atoms with Gasteiger partial charge in [-0.15, -0.1) is 0 Å². The Labute approximate surface area is 135 Å². The summed E-state index contributed by atoms with van der Waals surface area (Å²) in [6, 6.07) is 6.46. The first-order valence-corrected chi connectivity index (χ1v) is 6.85. The van der Waals surface area contributed by atoms with Crippen LogP contribution in [-0.4, -0.2) is 23.1 Å². The van der Waals surface area contributed by atoms with Crippen LogP contribution in [0.4, 0.5) is 0 Å². The second-order valence-corrected chi connectivity index (χ2v) is 5.06. The van der Waals surface area contributed by atoms with Gasteiger partial charge in [0.2, 0.25) is 11.6 Å². The number of rotatable bonds is 0. The molecule has 22 heavy (non-hydrogen) atoms. The smallest absolute Gasteiger partial charge is 0.206 e. The molecule has 0 amide bonds. The standard InChI is InChI=1S/C10H4Cl2O2.C6H4O2/c11-7-8(12)10(14)6-4-2-1-3-5(6)9(7)13;7-5-1-2-6(8)4-3-5/h1-4H;1-4H. The predicted octanol–water partition coefficient (Wildman–Crippen LogP) is 3.01. The molecule has 0 spiro atoms. The fourth-order valence-electron chi connectivity index (χ4n) is 1.75. The largest absolute Gasteiger partial charge is 0.290 e. The maximum absolute atomic E-state index is 11.5. The van der Waals surface area contributed by atoms with E-state index in [2.05, 4.69) is 0 Å². The first-order chi connectivity index (χ1) is 10.4. The number of hydrogen-bond acceptors (Lipinski definition) is 4. The highest BCUT2D eigenvalue weighted by atomic mass is 35.5. The van der Waals surface area contributed by atoms with Gasteiger partial charge >= 0.3 is 0 Å². The summed E-state index contributed by atoms with van der Waals surface area (Å²) in [5, 5.41) is -0.397. The molecule has 3 rings (SSSR count). The number of fused-ring (bicyclic) bond motifs is 1. The molecule has 0 fully saturated rings. The van der Waals surface area contributed by atoms with Gasteiger partial charge in [-0.3, -0.25) is 19.2 Å². The summed E-state index contributed by atoms with van der Waals surface area (Å²) >= 11 is 11.2. The van der Waals surface area contributed by atoms with Crippen LogP contribution in [0.25, 0.3) is 0 Å². The van der Waals surface area contributed by atoms with E-state index in [0.29, 0.717) is 11.1 Å². The second kappa shape index (κ2) is 6.64. The van der Waals surface area contributed by atoms with Crippen LogP contribution in [0.1, 0.15) is 20.7 Å². The minimum atomic E-state index is -0.396. The van der Waals surface area contributed by atoms with Crippen LogP contribution in [0.3, 0.4) is 0 Å². The molecule has 4 nitrogen and oxygen atoms in total. The van der Waals surface area contributed by atoms with E-state index in [1.807, 2.05) is 0 Å². The second-order valence-electron chi connectivity index (χ2n) is 4.30. The molecule has 0 saturated carbocycles. The highest BCUT2D eigenvalue weighted by Crippen LogP contribution is 2.30. The molecule has 6 heteroatoms. The summed E-state index contributed by atoms with van der Waals surface area (Å²) in [5.41, 5.74) is 0.624. The van der Waals surface area contributed by atoms with Crippen LogP contribution >= 0.6 is 23.2 Å². The Balaban J connectivity index is 0.000000188. The lowest BCUT2D eigenvalue weighted by Gasteiger charge is -2.12. The van der Waals surface area contributed by atoms with E-state index < -0.39 is 11.6 Å². The van der Waals surface area contributed by atoms with E-state index >= 15 is 0 Å². The zero-order chi connectivity index (χ0) is 16.3. The molecule has 0 atom stereocenters. The molecule has 0 heterocycles. The molecule has 0 aliphatic heterocycles. The molecule has 1 aromatic carbocycles. The number of Topliss-reactive ketones (excluding diaryl/α,β-unsaturated/α-hetero) is 2. The van der Waals surface area contributed by atoms with Gasteiger partial charge in [0.15, 0.2) is 11.6 Å². The minimum Gasteiger partial charge on any atom is -0.290 e. The van der Waals surface area contributed by atoms with Gasteiger partial charge in [-0.05, 0) is 24.3 Å². The lowest BCUT2D eigenvalue weighted by atomic mass is 9.95. The lowest BCUT2D eigenvalue weighted by Crippen LogP contribution is -2.17. The van der Waals surface area contributed by atoms with E-state index in [4.69, 9.17) is 23.2 Å². The Morgan fingerprint density at radius 1 is 0.591 bits per heavy atom. The average Bonchev–Trinajstić information content (AvgIpc) is 2.54. The van der Waals surface area contributed by atoms with Crippen LogP contribution in [0.5, 0.6) is 0 Å². The zero-order valence-electron chi connectivity index (χ0n) is 11.0. The molecular weight excluding hydrogens is 327 g/mol. The van der Waals surface area contributed by atoms with Crippen molar-refractivity contribution in [3.8, 4) is 0 Å². The summed E-state index contributed by atoms with van der Waals surface area (Å²) in [5.74, 6) is -1.03. The Hall–Kier alpha value is -2.30. The van der Waals surface area contributed by atoms with Gasteiger partial charge < -0.3 is 0 Å². The Kier molecular flexibility index (Phi) is 4.85. The van der Waals surface area contributed by atoms with Gasteiger partial charge in [0.25, 0.3) is 0 Å². The molecule has 0 radical (unpaired) electrons. The Morgan fingerprint density at radius 3 is 1.23 bits per heavy atom. The number of carbonyl (C=O) groups excluding carboxylic acids is 4. The van der Waals surface area contributed by atoms with Gasteiger partial charge in [-0.25, -0.2) is 0 Å². The molecule has 0 N–H and O–H groups in total. The highest BCUT2D eigenvalue weighted by Gasteiger charge is 2.29. The third-order valence-corrected chi connectivity index (χ3v) is 3.65. The minimum absolute atomic E-state index is 0.121. The van der Waals surface area contributed by atoms with Crippen molar-refractivity contribution in [3.05, 3.63) is 69.8 Å². The van der Waals surface area contributed by atoms with Gasteiger partial charge in [-0.1, -0.05) is 47.5 Å². The monoisotopic (exact) mass is 334 g/mol. The summed E-state index contributed by atoms with van der Waals surface area (Å²) < 4.78 is 0. The van der Waals surface area contributed by atoms with Crippen LogP contribution < -0.4 is 0 Å². The number of ketones is 4. The number of benzene rings is 1. The summed E-state index contributed by atoms with van der Waals surface area (Å²) in [4.78, 5) is 43.7. The van der Waals surface area contributed by atoms with E-state index in [1.54, 1.807) is 24.3 Å². The molecule has 1 aromatic rings. The Morgan fingerprint density at radius 2 is 0.909 bits per heavy atom. The first-order valence-electron chi connectivity index (χ1n) is 6.09. The van der Waals surface area contributed by atoms with Crippen molar-refractivity contribution in [1.82, 2.24) is 0 Å². The maximum atomic E-state index is 11.5. The number of carbonyl (C=O) groups is 4. The third-order valence-electron chi connectivity index (χ3n) is 2.83. The van der Waals surface area contributed by atoms with Crippen LogP contribution in [0, 0.1) is 0 Å². The van der Waals surface area contributed by atoms with Gasteiger partial charge in [0.1, 0.15) is 10.1 Å². The van der Waals surface area contributed by atoms with Crippen molar-refractivity contribution in [2.75, 3.05) is 0 Å². The molecule has 110 valence electrons. The number of hydrogen-bond donors (Lipinski definition) is 0. The van der Waals surface area contributed by atoms with Gasteiger partial charge in [-0.2, -0.15) is 0 Å². The summed E-state index contributed by atoms with van der Waals surface area (Å²) in [6.45, 7) is 0. The molecule has 0 unspecified atom stereocenters. The van der Waals surface area contributed by atoms with Crippen molar-refractivity contribution in [3.63, 3.8) is 0 Å². The quantitative estimate of drug-likeness (QED) is 0.684. The maximum Gasteiger partial charge on any atom is 0.206 e. The van der Waals surface area contributed by atoms with Crippen molar-refractivity contribution >= 4 is 46.3 Å². The Bertz CT molecular complexity index is 704. The molecule has 2 aliphatic carbocycles. The molecule has 0 aromatic heterocycles. The predicted molar refractivity (Wildman–Crippen MR) is 82.1 cm³/mol. The summed E-state index contributed by atoms with van der Waals surface area (Å²) in [7, 11) is 0. The van der Waals surface area contributed by atoms with E-state index in [-0.39, 0.29) is 21.6 Å². The van der Waals surface area contributed by atoms with Crippen LogP contribution in [0.15, 0.2) is 58.6 Å². The SMILES string of the molecule is O=C1C(Cl)=C(Cl)C(=O)c2ccccc21.O=C1C=CC(=O)C=C1. The molecule has 0 saturated heterocycles. The van der Waals surface area contributed by atoms with Gasteiger partial charge in [0, 0.05) is 11.1 Å². The topological polar surface area (TPSA) is 68.3 Å². The fraction of sp³-hybridized carbons (Fsp3) is 0. The fourth-order valence-corrected chi connectivity index (χ4v) is 2.13. The molecular formula is C16H8Cl2O4. The third kappa shape index (κ3) is 3.30. The van der Waals surface area contributed by atoms with Crippen molar-refractivity contribution < 1.29 is 19.2 Å². The van der Waals surface area contributed by atoms with E-state index in [0.717, 1.165) is 0 Å². The van der Waals surface area contributed by atoms with Crippen molar-refractivity contribution in [2.24, 2.45) is 0 Å².